The quantitative estimate of drug-likeness (QED) is 0.845. The molecule has 1 N–H and O–H groups in total. The van der Waals surface area contributed by atoms with Gasteiger partial charge in [-0.1, -0.05) is 11.6 Å². The molecule has 1 aliphatic heterocycles. The zero-order chi connectivity index (χ0) is 17.8. The second-order valence-corrected chi connectivity index (χ2v) is 8.37. The van der Waals surface area contributed by atoms with E-state index in [4.69, 9.17) is 21.4 Å². The molecule has 1 saturated heterocycles. The van der Waals surface area contributed by atoms with Crippen LogP contribution in [0.5, 0.6) is 5.75 Å². The lowest BCUT2D eigenvalue weighted by Crippen LogP contribution is -2.30. The number of hydrogen-bond donors (Lipinski definition) is 1. The maximum Gasteiger partial charge on any atom is 0.341 e. The molecule has 1 aromatic carbocycles. The molecule has 132 valence electrons. The molecule has 24 heavy (non-hydrogen) atoms. The minimum Gasteiger partial charge on any atom is -0.480 e. The molecule has 1 atom stereocenters. The van der Waals surface area contributed by atoms with Crippen LogP contribution in [0.2, 0.25) is 5.02 Å². The second kappa shape index (κ2) is 5.53. The highest BCUT2D eigenvalue weighted by atomic mass is 35.5. The van der Waals surface area contributed by atoms with Crippen molar-refractivity contribution in [2.75, 3.05) is 19.7 Å². The molecule has 0 radical (unpaired) electrons. The van der Waals surface area contributed by atoms with Gasteiger partial charge in [-0.15, -0.1) is 0 Å². The summed E-state index contributed by atoms with van der Waals surface area (Å²) in [5, 5.41) is 8.49. The van der Waals surface area contributed by atoms with E-state index in [1.54, 1.807) is 0 Å². The summed E-state index contributed by atoms with van der Waals surface area (Å²) in [5.41, 5.74) is -1.23. The molecule has 2 fully saturated rings. The van der Waals surface area contributed by atoms with Crippen molar-refractivity contribution in [2.24, 2.45) is 5.41 Å². The average Bonchev–Trinajstić information content (AvgIpc) is 2.83. The van der Waals surface area contributed by atoms with E-state index in [1.807, 2.05) is 0 Å². The Balaban J connectivity index is 1.78. The van der Waals surface area contributed by atoms with E-state index in [0.29, 0.717) is 0 Å². The number of sulfonamides is 1. The van der Waals surface area contributed by atoms with Gasteiger partial charge in [0.25, 0.3) is 5.92 Å². The van der Waals surface area contributed by atoms with Crippen molar-refractivity contribution < 1.29 is 31.8 Å². The van der Waals surface area contributed by atoms with Gasteiger partial charge in [0.1, 0.15) is 5.75 Å². The smallest absolute Gasteiger partial charge is 0.341 e. The summed E-state index contributed by atoms with van der Waals surface area (Å²) in [7, 11) is -3.95. The normalized spacial score (nSPS) is 25.8. The maximum absolute atomic E-state index is 13.4. The summed E-state index contributed by atoms with van der Waals surface area (Å²) in [6, 6.07) is 3.59. The van der Waals surface area contributed by atoms with Gasteiger partial charge in [-0.2, -0.15) is 4.31 Å². The first kappa shape index (κ1) is 17.4. The van der Waals surface area contributed by atoms with E-state index in [2.05, 4.69) is 0 Å². The molecular formula is C14H14ClF2NO5S. The molecular weight excluding hydrogens is 368 g/mol. The number of rotatable bonds is 5. The van der Waals surface area contributed by atoms with Gasteiger partial charge < -0.3 is 9.84 Å². The van der Waals surface area contributed by atoms with Gasteiger partial charge in [0.05, 0.1) is 15.3 Å². The fraction of sp³-hybridized carbons (Fsp3) is 0.500. The zero-order valence-electron chi connectivity index (χ0n) is 12.3. The summed E-state index contributed by atoms with van der Waals surface area (Å²) in [6.07, 6.45) is -0.151. The lowest BCUT2D eigenvalue weighted by Gasteiger charge is -2.17. The molecule has 1 heterocycles. The highest BCUT2D eigenvalue weighted by molar-refractivity contribution is 7.89. The predicted octanol–water partition coefficient (Wildman–Crippen LogP) is 2.22. The summed E-state index contributed by atoms with van der Waals surface area (Å²) >= 11 is 5.92. The predicted molar refractivity (Wildman–Crippen MR) is 80.0 cm³/mol. The largest absolute Gasteiger partial charge is 0.480 e. The van der Waals surface area contributed by atoms with Gasteiger partial charge in [0.15, 0.2) is 6.61 Å². The number of hydrogen-bond acceptors (Lipinski definition) is 4. The second-order valence-electron chi connectivity index (χ2n) is 6.02. The van der Waals surface area contributed by atoms with Crippen LogP contribution < -0.4 is 4.74 Å². The van der Waals surface area contributed by atoms with E-state index in [9.17, 15) is 22.0 Å². The van der Waals surface area contributed by atoms with Crippen molar-refractivity contribution in [2.45, 2.75) is 23.7 Å². The minimum atomic E-state index is -3.95. The van der Waals surface area contributed by atoms with Crippen LogP contribution in [0.4, 0.5) is 8.78 Å². The minimum absolute atomic E-state index is 0.0321. The van der Waals surface area contributed by atoms with Gasteiger partial charge in [0, 0.05) is 19.5 Å². The Kier molecular flexibility index (Phi) is 4.01. The van der Waals surface area contributed by atoms with Crippen molar-refractivity contribution >= 4 is 27.6 Å². The lowest BCUT2D eigenvalue weighted by molar-refractivity contribution is -0.139. The van der Waals surface area contributed by atoms with Crippen LogP contribution in [0, 0.1) is 5.41 Å². The average molecular weight is 382 g/mol. The van der Waals surface area contributed by atoms with Crippen LogP contribution in [0.3, 0.4) is 0 Å². The molecule has 1 unspecified atom stereocenters. The van der Waals surface area contributed by atoms with Crippen molar-refractivity contribution in [1.82, 2.24) is 4.31 Å². The van der Waals surface area contributed by atoms with Crippen LogP contribution in [0.25, 0.3) is 0 Å². The third kappa shape index (κ3) is 2.84. The fourth-order valence-corrected chi connectivity index (χ4v) is 4.76. The number of nitrogens with zero attached hydrogens (tertiary/aromatic N) is 1. The Labute approximate surface area is 142 Å². The maximum atomic E-state index is 13.4. The van der Waals surface area contributed by atoms with Crippen molar-refractivity contribution in [1.29, 1.82) is 0 Å². The Morgan fingerprint density at radius 3 is 2.58 bits per heavy atom. The molecule has 1 saturated carbocycles. The molecule has 1 aliphatic carbocycles. The molecule has 1 aromatic rings. The van der Waals surface area contributed by atoms with Gasteiger partial charge in [0.2, 0.25) is 10.0 Å². The molecule has 0 amide bonds. The standard InChI is InChI=1S/C14H14ClF2NO5S/c15-10-5-9(1-2-11(10)23-6-12(19)20)24(21,22)18-4-3-13(8-18)7-14(13,16)17/h1-2,5H,3-4,6-8H2,(H,19,20). The SMILES string of the molecule is O=C(O)COc1ccc(S(=O)(=O)N2CCC3(C2)CC3(F)F)cc1Cl. The number of alkyl halides is 2. The summed E-state index contributed by atoms with van der Waals surface area (Å²) < 4.78 is 58.0. The van der Waals surface area contributed by atoms with Gasteiger partial charge in [-0.05, 0) is 24.6 Å². The number of aliphatic carboxylic acids is 1. The monoisotopic (exact) mass is 381 g/mol. The highest BCUT2D eigenvalue weighted by Gasteiger charge is 2.73. The number of carbonyl (C=O) groups is 1. The summed E-state index contributed by atoms with van der Waals surface area (Å²) in [5.74, 6) is -3.97. The summed E-state index contributed by atoms with van der Waals surface area (Å²) in [4.78, 5) is 10.3. The first-order valence-corrected chi connectivity index (χ1v) is 8.91. The van der Waals surface area contributed by atoms with E-state index >= 15 is 0 Å². The first-order chi connectivity index (χ1) is 11.1. The summed E-state index contributed by atoms with van der Waals surface area (Å²) in [6.45, 7) is -0.792. The molecule has 1 spiro atoms. The molecule has 0 aromatic heterocycles. The topological polar surface area (TPSA) is 83.9 Å². The van der Waals surface area contributed by atoms with Gasteiger partial charge >= 0.3 is 5.97 Å². The Hall–Kier alpha value is -1.45. The van der Waals surface area contributed by atoms with Crippen LogP contribution in [-0.4, -0.2) is 49.4 Å². The molecule has 6 nitrogen and oxygen atoms in total. The van der Waals surface area contributed by atoms with E-state index in [1.165, 1.54) is 12.1 Å². The molecule has 0 bridgehead atoms. The molecule has 2 aliphatic rings. The van der Waals surface area contributed by atoms with Crippen LogP contribution in [0.1, 0.15) is 12.8 Å². The van der Waals surface area contributed by atoms with E-state index in [0.717, 1.165) is 10.4 Å². The van der Waals surface area contributed by atoms with Crippen LogP contribution in [-0.2, 0) is 14.8 Å². The van der Waals surface area contributed by atoms with Crippen LogP contribution >= 0.6 is 11.6 Å². The third-order valence-corrected chi connectivity index (χ3v) is 6.56. The fourth-order valence-electron chi connectivity index (χ4n) is 2.91. The number of halogens is 3. The van der Waals surface area contributed by atoms with Crippen molar-refractivity contribution in [3.8, 4) is 5.75 Å². The van der Waals surface area contributed by atoms with Gasteiger partial charge in [-0.3, -0.25) is 0 Å². The van der Waals surface area contributed by atoms with Gasteiger partial charge in [-0.25, -0.2) is 22.0 Å². The Morgan fingerprint density at radius 2 is 2.08 bits per heavy atom. The molecule has 3 rings (SSSR count). The third-order valence-electron chi connectivity index (χ3n) is 4.42. The molecule has 10 heteroatoms. The number of carboxylic acid groups (broad SMARTS) is 1. The zero-order valence-corrected chi connectivity index (χ0v) is 13.9. The van der Waals surface area contributed by atoms with Crippen molar-refractivity contribution in [3.63, 3.8) is 0 Å². The number of ether oxygens (including phenoxy) is 1. The van der Waals surface area contributed by atoms with E-state index < -0.39 is 33.9 Å². The lowest BCUT2D eigenvalue weighted by atomic mass is 10.1. The highest BCUT2D eigenvalue weighted by Crippen LogP contribution is 2.65. The number of benzene rings is 1. The van der Waals surface area contributed by atoms with Crippen molar-refractivity contribution in [3.05, 3.63) is 23.2 Å². The Bertz CT molecular complexity index is 800. The Morgan fingerprint density at radius 1 is 1.42 bits per heavy atom. The van der Waals surface area contributed by atoms with E-state index in [-0.39, 0.29) is 41.6 Å². The number of carboxylic acids is 1. The first-order valence-electron chi connectivity index (χ1n) is 7.10. The van der Waals surface area contributed by atoms with Crippen LogP contribution in [0.15, 0.2) is 23.1 Å².